The molecule has 1 aliphatic carbocycles. The lowest BCUT2D eigenvalue weighted by Gasteiger charge is -2.36. The normalized spacial score (nSPS) is 19.5. The van der Waals surface area contributed by atoms with Crippen LogP contribution in [-0.2, 0) is 11.3 Å². The van der Waals surface area contributed by atoms with Gasteiger partial charge in [0, 0.05) is 40.5 Å². The number of H-pyrrole nitrogens is 1. The Hall–Kier alpha value is -2.45. The molecule has 2 aromatic heterocycles. The zero-order chi connectivity index (χ0) is 21.5. The minimum atomic E-state index is -0.334. The second-order valence-corrected chi connectivity index (χ2v) is 9.14. The summed E-state index contributed by atoms with van der Waals surface area (Å²) in [7, 11) is 0. The van der Waals surface area contributed by atoms with E-state index >= 15 is 0 Å². The fraction of sp³-hybridized carbons (Fsp3) is 0.476. The summed E-state index contributed by atoms with van der Waals surface area (Å²) in [4.78, 5) is 34.9. The molecule has 162 valence electrons. The fourth-order valence-corrected chi connectivity index (χ4v) is 4.85. The number of rotatable bonds is 4. The lowest BCUT2D eigenvalue weighted by atomic mass is 9.83. The molecule has 31 heavy (non-hydrogen) atoms. The van der Waals surface area contributed by atoms with Gasteiger partial charge in [0.15, 0.2) is 11.2 Å². The number of amides is 1. The minimum absolute atomic E-state index is 0.0258. The van der Waals surface area contributed by atoms with E-state index in [4.69, 9.17) is 28.2 Å². The van der Waals surface area contributed by atoms with Crippen molar-refractivity contribution >= 4 is 40.3 Å². The highest BCUT2D eigenvalue weighted by molar-refractivity contribution is 6.36. The molecule has 1 atom stereocenters. The molecule has 1 saturated heterocycles. The van der Waals surface area contributed by atoms with Gasteiger partial charge in [-0.05, 0) is 37.8 Å². The molecule has 0 radical (unpaired) electrons. The Morgan fingerprint density at radius 3 is 2.65 bits per heavy atom. The molecule has 1 N–H and O–H groups in total. The average Bonchev–Trinajstić information content (AvgIpc) is 3.13. The van der Waals surface area contributed by atoms with E-state index in [0.717, 1.165) is 38.6 Å². The van der Waals surface area contributed by atoms with Gasteiger partial charge in [0.25, 0.3) is 5.56 Å². The Kier molecular flexibility index (Phi) is 5.44. The summed E-state index contributed by atoms with van der Waals surface area (Å²) in [5, 5.41) is 9.13. The first-order chi connectivity index (χ1) is 15.0. The highest BCUT2D eigenvalue weighted by Crippen LogP contribution is 2.32. The van der Waals surface area contributed by atoms with Crippen LogP contribution in [0.5, 0.6) is 0 Å². The van der Waals surface area contributed by atoms with Gasteiger partial charge in [-0.3, -0.25) is 9.59 Å². The van der Waals surface area contributed by atoms with E-state index in [1.165, 1.54) is 0 Å². The molecule has 5 rings (SSSR count). The second-order valence-electron chi connectivity index (χ2n) is 8.32. The number of nitrogens with zero attached hydrogens (tertiary/aromatic N) is 5. The first-order valence-electron chi connectivity index (χ1n) is 10.6. The number of carbonyl (C=O) groups excluding carboxylic acids is 1. The van der Waals surface area contributed by atoms with Crippen molar-refractivity contribution in [1.29, 1.82) is 0 Å². The van der Waals surface area contributed by atoms with Gasteiger partial charge < -0.3 is 9.88 Å². The summed E-state index contributed by atoms with van der Waals surface area (Å²) in [5.74, 6) is 0.943. The Balaban J connectivity index is 1.45. The number of halogens is 2. The molecule has 1 aromatic carbocycles. The number of aromatic nitrogens is 5. The molecule has 3 heterocycles. The number of fused-ring (bicyclic) bond motifs is 1. The van der Waals surface area contributed by atoms with E-state index in [0.29, 0.717) is 33.6 Å². The number of hydrogen-bond acceptors (Lipinski definition) is 5. The molecule has 3 aromatic rings. The summed E-state index contributed by atoms with van der Waals surface area (Å²) in [6.45, 7) is 1.59. The van der Waals surface area contributed by atoms with Gasteiger partial charge in [0.1, 0.15) is 5.82 Å². The third kappa shape index (κ3) is 3.83. The molecular formula is C21H22Cl2N6O2. The van der Waals surface area contributed by atoms with Crippen LogP contribution in [0.15, 0.2) is 23.0 Å². The Morgan fingerprint density at radius 1 is 1.16 bits per heavy atom. The van der Waals surface area contributed by atoms with Crippen molar-refractivity contribution in [3.63, 3.8) is 0 Å². The first-order valence-corrected chi connectivity index (χ1v) is 11.3. The number of nitrogens with one attached hydrogen (secondary N) is 1. The van der Waals surface area contributed by atoms with Crippen molar-refractivity contribution in [2.24, 2.45) is 5.92 Å². The third-order valence-corrected chi connectivity index (χ3v) is 7.04. The van der Waals surface area contributed by atoms with Gasteiger partial charge in [-0.2, -0.15) is 0 Å². The number of hydrogen-bond donors (Lipinski definition) is 1. The van der Waals surface area contributed by atoms with Gasteiger partial charge in [-0.15, -0.1) is 5.10 Å². The predicted octanol–water partition coefficient (Wildman–Crippen LogP) is 3.38. The highest BCUT2D eigenvalue weighted by Gasteiger charge is 2.33. The maximum Gasteiger partial charge on any atom is 0.281 e. The van der Waals surface area contributed by atoms with Crippen LogP contribution in [0.1, 0.15) is 49.4 Å². The van der Waals surface area contributed by atoms with Crippen molar-refractivity contribution in [1.82, 2.24) is 29.9 Å². The van der Waals surface area contributed by atoms with Crippen molar-refractivity contribution in [3.8, 4) is 0 Å². The minimum Gasteiger partial charge on any atom is -0.342 e. The van der Waals surface area contributed by atoms with Crippen molar-refractivity contribution < 1.29 is 4.79 Å². The number of carbonyl (C=O) groups is 1. The summed E-state index contributed by atoms with van der Waals surface area (Å²) < 4.78 is 1.54. The van der Waals surface area contributed by atoms with Gasteiger partial charge in [-0.25, -0.2) is 9.67 Å². The topological polar surface area (TPSA) is 96.8 Å². The fourth-order valence-electron chi connectivity index (χ4n) is 4.33. The lowest BCUT2D eigenvalue weighted by Crippen LogP contribution is -2.44. The summed E-state index contributed by atoms with van der Waals surface area (Å²) in [6.07, 6.45) is 4.84. The maximum absolute atomic E-state index is 12.7. The number of aromatic amines is 1. The molecule has 2 aliphatic rings. The smallest absolute Gasteiger partial charge is 0.281 e. The average molecular weight is 461 g/mol. The lowest BCUT2D eigenvalue weighted by molar-refractivity contribution is -0.139. The molecule has 1 saturated carbocycles. The molecule has 0 unspecified atom stereocenters. The van der Waals surface area contributed by atoms with Gasteiger partial charge >= 0.3 is 0 Å². The zero-order valence-corrected chi connectivity index (χ0v) is 18.4. The van der Waals surface area contributed by atoms with Gasteiger partial charge in [0.2, 0.25) is 5.91 Å². The zero-order valence-electron chi connectivity index (χ0n) is 16.9. The SMILES string of the molecule is O=C(C1CCC1)N1CCC[C@H](c2nc3c(nnn3Cc3c(Cl)cccc3Cl)c(=O)[nH]2)C1. The van der Waals surface area contributed by atoms with Crippen LogP contribution in [0, 0.1) is 5.92 Å². The Morgan fingerprint density at radius 2 is 1.94 bits per heavy atom. The molecule has 2 fully saturated rings. The monoisotopic (exact) mass is 460 g/mol. The molecule has 0 spiro atoms. The predicted molar refractivity (Wildman–Crippen MR) is 117 cm³/mol. The second kappa shape index (κ2) is 8.24. The van der Waals surface area contributed by atoms with Gasteiger partial charge in [-0.1, -0.05) is 40.9 Å². The van der Waals surface area contributed by atoms with Crippen molar-refractivity contribution in [2.75, 3.05) is 13.1 Å². The summed E-state index contributed by atoms with van der Waals surface area (Å²) in [6, 6.07) is 5.28. The number of likely N-dealkylation sites (tertiary alicyclic amines) is 1. The molecule has 0 bridgehead atoms. The van der Waals surface area contributed by atoms with Crippen molar-refractivity contribution in [3.05, 3.63) is 50.0 Å². The molecule has 1 amide bonds. The van der Waals surface area contributed by atoms with E-state index in [1.807, 2.05) is 4.90 Å². The first kappa shape index (κ1) is 20.5. The maximum atomic E-state index is 12.7. The number of benzene rings is 1. The van der Waals surface area contributed by atoms with Crippen LogP contribution in [0.4, 0.5) is 0 Å². The summed E-state index contributed by atoms with van der Waals surface area (Å²) in [5.41, 5.74) is 0.914. The van der Waals surface area contributed by atoms with Crippen LogP contribution in [-0.4, -0.2) is 48.9 Å². The molecular weight excluding hydrogens is 439 g/mol. The van der Waals surface area contributed by atoms with Gasteiger partial charge in [0.05, 0.1) is 6.54 Å². The largest absolute Gasteiger partial charge is 0.342 e. The van der Waals surface area contributed by atoms with Crippen LogP contribution in [0.3, 0.4) is 0 Å². The molecule has 8 nitrogen and oxygen atoms in total. The Labute approximate surface area is 188 Å². The van der Waals surface area contributed by atoms with Crippen LogP contribution in [0.2, 0.25) is 10.0 Å². The van der Waals surface area contributed by atoms with Crippen LogP contribution in [0.25, 0.3) is 11.2 Å². The summed E-state index contributed by atoms with van der Waals surface area (Å²) >= 11 is 12.6. The van der Waals surface area contributed by atoms with Crippen LogP contribution >= 0.6 is 23.2 Å². The van der Waals surface area contributed by atoms with Crippen LogP contribution < -0.4 is 5.56 Å². The molecule has 10 heteroatoms. The van der Waals surface area contributed by atoms with E-state index in [2.05, 4.69) is 15.3 Å². The quantitative estimate of drug-likeness (QED) is 0.643. The van der Waals surface area contributed by atoms with E-state index in [-0.39, 0.29) is 35.4 Å². The third-order valence-electron chi connectivity index (χ3n) is 6.34. The van der Waals surface area contributed by atoms with E-state index < -0.39 is 0 Å². The molecule has 1 aliphatic heterocycles. The van der Waals surface area contributed by atoms with Crippen molar-refractivity contribution in [2.45, 2.75) is 44.6 Å². The number of piperidine rings is 1. The standard InChI is InChI=1S/C21H22Cl2N6O2/c22-15-7-2-8-16(23)14(15)11-29-19-17(26-27-29)20(30)25-18(24-19)13-6-3-9-28(10-13)21(31)12-4-1-5-12/h2,7-8,12-13H,1,3-6,9-11H2,(H,24,25,30)/t13-/m0/s1. The van der Waals surface area contributed by atoms with E-state index in [1.54, 1.807) is 22.9 Å². The van der Waals surface area contributed by atoms with E-state index in [9.17, 15) is 9.59 Å². The highest BCUT2D eigenvalue weighted by atomic mass is 35.5. The Bertz CT molecular complexity index is 1180.